The fraction of sp³-hybridized carbons (Fsp3) is 0. The molecule has 2 aromatic rings. The first-order valence-electron chi connectivity index (χ1n) is 3.56. The monoisotopic (exact) mass is 180 g/mol. The van der Waals surface area contributed by atoms with Crippen molar-refractivity contribution in [2.45, 2.75) is 0 Å². The number of aromatic carboxylic acids is 1. The van der Waals surface area contributed by atoms with E-state index < -0.39 is 17.6 Å². The van der Waals surface area contributed by atoms with Crippen molar-refractivity contribution in [3.05, 3.63) is 36.0 Å². The number of aromatic nitrogens is 2. The first-order chi connectivity index (χ1) is 6.20. The molecule has 0 aliphatic rings. The van der Waals surface area contributed by atoms with E-state index in [0.717, 1.165) is 0 Å². The van der Waals surface area contributed by atoms with Crippen LogP contribution in [0.5, 0.6) is 0 Å². The van der Waals surface area contributed by atoms with Gasteiger partial charge in [-0.05, 0) is 12.1 Å². The van der Waals surface area contributed by atoms with Crippen molar-refractivity contribution in [3.63, 3.8) is 0 Å². The second kappa shape index (κ2) is 2.55. The Morgan fingerprint density at radius 2 is 2.31 bits per heavy atom. The van der Waals surface area contributed by atoms with Crippen molar-refractivity contribution in [2.24, 2.45) is 0 Å². The summed E-state index contributed by atoms with van der Waals surface area (Å²) in [6.07, 6.45) is 1.45. The summed E-state index contributed by atoms with van der Waals surface area (Å²) in [6, 6.07) is 4.81. The molecular formula is C8H5FN2O2. The van der Waals surface area contributed by atoms with Gasteiger partial charge in [0.05, 0.1) is 0 Å². The van der Waals surface area contributed by atoms with Gasteiger partial charge in [-0.2, -0.15) is 9.37 Å². The summed E-state index contributed by atoms with van der Waals surface area (Å²) < 4.78 is 14.1. The molecule has 0 spiro atoms. The molecule has 0 aromatic carbocycles. The third kappa shape index (κ3) is 1.05. The molecule has 66 valence electrons. The Morgan fingerprint density at radius 3 is 3.00 bits per heavy atom. The first-order valence-corrected chi connectivity index (χ1v) is 3.56. The predicted molar refractivity (Wildman–Crippen MR) is 42.1 cm³/mol. The second-order valence-corrected chi connectivity index (χ2v) is 2.49. The molecule has 0 saturated carbocycles. The smallest absolute Gasteiger partial charge is 0.357 e. The van der Waals surface area contributed by atoms with Crippen LogP contribution in [0.1, 0.15) is 10.5 Å². The van der Waals surface area contributed by atoms with E-state index in [1.165, 1.54) is 16.7 Å². The van der Waals surface area contributed by atoms with Crippen molar-refractivity contribution >= 4 is 11.6 Å². The molecule has 0 aliphatic carbocycles. The zero-order valence-electron chi connectivity index (χ0n) is 6.44. The van der Waals surface area contributed by atoms with E-state index in [1.54, 1.807) is 12.1 Å². The molecule has 4 nitrogen and oxygen atoms in total. The highest BCUT2D eigenvalue weighted by Crippen LogP contribution is 2.10. The number of carboxylic acid groups (broad SMARTS) is 1. The molecule has 2 heterocycles. The third-order valence-corrected chi connectivity index (χ3v) is 1.69. The number of carboxylic acids is 1. The number of fused-ring (bicyclic) bond motifs is 1. The van der Waals surface area contributed by atoms with Gasteiger partial charge >= 0.3 is 5.97 Å². The number of hydrogen-bond acceptors (Lipinski definition) is 2. The minimum Gasteiger partial charge on any atom is -0.476 e. The normalized spacial score (nSPS) is 10.5. The highest BCUT2D eigenvalue weighted by Gasteiger charge is 2.17. The van der Waals surface area contributed by atoms with E-state index in [1.807, 2.05) is 0 Å². The van der Waals surface area contributed by atoms with Crippen molar-refractivity contribution in [3.8, 4) is 0 Å². The van der Waals surface area contributed by atoms with Crippen LogP contribution < -0.4 is 0 Å². The van der Waals surface area contributed by atoms with Crippen LogP contribution in [0.3, 0.4) is 0 Å². The molecule has 0 saturated heterocycles. The predicted octanol–water partition coefficient (Wildman–Crippen LogP) is 1.17. The van der Waals surface area contributed by atoms with E-state index in [0.29, 0.717) is 0 Å². The molecule has 0 bridgehead atoms. The van der Waals surface area contributed by atoms with Gasteiger partial charge in [0, 0.05) is 6.20 Å². The number of rotatable bonds is 1. The average Bonchev–Trinajstić information content (AvgIpc) is 2.39. The Kier molecular flexibility index (Phi) is 1.51. The lowest BCUT2D eigenvalue weighted by molar-refractivity contribution is 0.0683. The summed E-state index contributed by atoms with van der Waals surface area (Å²) in [4.78, 5) is 14.0. The molecular weight excluding hydrogens is 175 g/mol. The van der Waals surface area contributed by atoms with Crippen molar-refractivity contribution in [1.29, 1.82) is 0 Å². The van der Waals surface area contributed by atoms with Crippen LogP contribution in [0.15, 0.2) is 24.4 Å². The van der Waals surface area contributed by atoms with Crippen LogP contribution in [0.2, 0.25) is 0 Å². The summed E-state index contributed by atoms with van der Waals surface area (Å²) in [6.45, 7) is 0. The van der Waals surface area contributed by atoms with Crippen LogP contribution in [-0.2, 0) is 0 Å². The minimum absolute atomic E-state index is 0.289. The van der Waals surface area contributed by atoms with E-state index in [9.17, 15) is 9.18 Å². The molecule has 0 unspecified atom stereocenters. The highest BCUT2D eigenvalue weighted by atomic mass is 19.1. The van der Waals surface area contributed by atoms with Crippen molar-refractivity contribution in [1.82, 2.24) is 9.38 Å². The number of pyridine rings is 1. The zero-order chi connectivity index (χ0) is 9.42. The molecule has 0 amide bonds. The quantitative estimate of drug-likeness (QED) is 0.716. The van der Waals surface area contributed by atoms with Gasteiger partial charge in [-0.1, -0.05) is 6.07 Å². The summed E-state index contributed by atoms with van der Waals surface area (Å²) in [5, 5.41) is 8.65. The molecule has 13 heavy (non-hydrogen) atoms. The van der Waals surface area contributed by atoms with Gasteiger partial charge in [-0.3, -0.25) is 4.40 Å². The first kappa shape index (κ1) is 7.72. The lowest BCUT2D eigenvalue weighted by Gasteiger charge is -1.93. The molecule has 1 N–H and O–H groups in total. The maximum atomic E-state index is 12.9. The molecule has 0 fully saturated rings. The van der Waals surface area contributed by atoms with Crippen molar-refractivity contribution in [2.75, 3.05) is 0 Å². The Morgan fingerprint density at radius 1 is 1.54 bits per heavy atom. The van der Waals surface area contributed by atoms with Gasteiger partial charge in [0.25, 0.3) is 0 Å². The lowest BCUT2D eigenvalue weighted by Crippen LogP contribution is -2.03. The average molecular weight is 180 g/mol. The largest absolute Gasteiger partial charge is 0.476 e. The molecule has 2 aromatic heterocycles. The Balaban J connectivity index is 2.86. The van der Waals surface area contributed by atoms with Crippen LogP contribution in [0, 0.1) is 5.95 Å². The van der Waals surface area contributed by atoms with Crippen LogP contribution in [-0.4, -0.2) is 20.5 Å². The van der Waals surface area contributed by atoms with Crippen LogP contribution in [0.4, 0.5) is 4.39 Å². The van der Waals surface area contributed by atoms with E-state index in [-0.39, 0.29) is 5.65 Å². The SMILES string of the molecule is O=C(O)c1c(F)nc2ccccn12. The number of carbonyl (C=O) groups is 1. The number of imidazole rings is 1. The summed E-state index contributed by atoms with van der Waals surface area (Å²) in [5.41, 5.74) is -0.145. The maximum Gasteiger partial charge on any atom is 0.357 e. The molecule has 5 heteroatoms. The van der Waals surface area contributed by atoms with E-state index in [2.05, 4.69) is 4.98 Å². The Hall–Kier alpha value is -1.91. The molecule has 0 radical (unpaired) electrons. The fourth-order valence-electron chi connectivity index (χ4n) is 1.16. The van der Waals surface area contributed by atoms with Crippen molar-refractivity contribution < 1.29 is 14.3 Å². The number of halogens is 1. The second-order valence-electron chi connectivity index (χ2n) is 2.49. The third-order valence-electron chi connectivity index (χ3n) is 1.69. The Bertz CT molecular complexity index is 478. The number of nitrogens with zero attached hydrogens (tertiary/aromatic N) is 2. The van der Waals surface area contributed by atoms with Gasteiger partial charge in [0.1, 0.15) is 5.65 Å². The molecule has 2 rings (SSSR count). The van der Waals surface area contributed by atoms with Gasteiger partial charge in [-0.15, -0.1) is 0 Å². The van der Waals surface area contributed by atoms with Gasteiger partial charge in [0.15, 0.2) is 5.69 Å². The van der Waals surface area contributed by atoms with Crippen LogP contribution >= 0.6 is 0 Å². The Labute approximate surface area is 72.3 Å². The standard InChI is InChI=1S/C8H5FN2O2/c9-7-6(8(12)13)11-4-2-1-3-5(11)10-7/h1-4H,(H,12,13). The van der Waals surface area contributed by atoms with Crippen LogP contribution in [0.25, 0.3) is 5.65 Å². The number of hydrogen-bond donors (Lipinski definition) is 1. The fourth-order valence-corrected chi connectivity index (χ4v) is 1.16. The summed E-state index contributed by atoms with van der Waals surface area (Å²) in [7, 11) is 0. The highest BCUT2D eigenvalue weighted by molar-refractivity contribution is 5.86. The maximum absolute atomic E-state index is 12.9. The lowest BCUT2D eigenvalue weighted by atomic mass is 10.4. The molecule has 0 aliphatic heterocycles. The topological polar surface area (TPSA) is 54.6 Å². The zero-order valence-corrected chi connectivity index (χ0v) is 6.44. The summed E-state index contributed by atoms with van der Waals surface area (Å²) in [5.74, 6) is -2.28. The van der Waals surface area contributed by atoms with E-state index in [4.69, 9.17) is 5.11 Å². The van der Waals surface area contributed by atoms with E-state index >= 15 is 0 Å². The minimum atomic E-state index is -1.32. The van der Waals surface area contributed by atoms with Gasteiger partial charge < -0.3 is 5.11 Å². The van der Waals surface area contributed by atoms with Gasteiger partial charge in [-0.25, -0.2) is 4.79 Å². The van der Waals surface area contributed by atoms with Gasteiger partial charge in [0.2, 0.25) is 5.95 Å². The summed E-state index contributed by atoms with van der Waals surface area (Å²) >= 11 is 0. The molecule has 0 atom stereocenters.